The predicted octanol–water partition coefficient (Wildman–Crippen LogP) is 6.88. The van der Waals surface area contributed by atoms with E-state index < -0.39 is 0 Å². The minimum atomic E-state index is 0.737. The molecule has 3 heteroatoms. The minimum absolute atomic E-state index is 0.737. The summed E-state index contributed by atoms with van der Waals surface area (Å²) in [5.74, 6) is 0.737. The van der Waals surface area contributed by atoms with Crippen LogP contribution in [-0.4, -0.2) is 4.57 Å². The molecule has 0 amide bonds. The molecule has 2 nitrogen and oxygen atoms in total. The van der Waals surface area contributed by atoms with E-state index in [1.54, 1.807) is 5.56 Å². The number of aromatic nitrogens is 2. The van der Waals surface area contributed by atoms with Crippen molar-refractivity contribution in [2.75, 3.05) is 0 Å². The molecule has 0 aliphatic heterocycles. The number of pyridine rings is 1. The van der Waals surface area contributed by atoms with Gasteiger partial charge in [-0.1, -0.05) is 25.3 Å². The second-order valence-electron chi connectivity index (χ2n) is 8.93. The molecule has 0 N–H and O–H groups in total. The Morgan fingerprint density at radius 2 is 1.79 bits per heavy atom. The van der Waals surface area contributed by atoms with Crippen LogP contribution in [0.2, 0.25) is 0 Å². The lowest BCUT2D eigenvalue weighted by Gasteiger charge is -2.23. The number of rotatable bonds is 1. The molecule has 2 aromatic carbocycles. The number of nitrogens with zero attached hydrogens (tertiary/aromatic N) is 2. The molecular weight excluding hydrogens is 372 g/mol. The minimum Gasteiger partial charge on any atom is -0.350 e. The molecule has 3 heterocycles. The van der Waals surface area contributed by atoms with Crippen LogP contribution in [0.1, 0.15) is 49.1 Å². The van der Waals surface area contributed by atoms with Gasteiger partial charge >= 0.3 is 0 Å². The molecular formula is C26H27N2S+. The van der Waals surface area contributed by atoms with Gasteiger partial charge in [-0.05, 0) is 54.3 Å². The number of hydrogen-bond donors (Lipinski definition) is 0. The van der Waals surface area contributed by atoms with Gasteiger partial charge in [0.15, 0.2) is 6.20 Å². The fourth-order valence-electron chi connectivity index (χ4n) is 5.59. The van der Waals surface area contributed by atoms with Crippen molar-refractivity contribution < 1.29 is 4.57 Å². The quantitative estimate of drug-likeness (QED) is 0.165. The molecule has 1 saturated carbocycles. The molecule has 6 rings (SSSR count). The normalized spacial score (nSPS) is 16.0. The van der Waals surface area contributed by atoms with Crippen molar-refractivity contribution in [3.05, 3.63) is 53.9 Å². The molecule has 0 bridgehead atoms. The van der Waals surface area contributed by atoms with E-state index >= 15 is 0 Å². The Bertz CT molecular complexity index is 1410. The highest BCUT2D eigenvalue weighted by molar-refractivity contribution is 7.25. The molecule has 0 radical (unpaired) electrons. The first-order valence-corrected chi connectivity index (χ1v) is 11.7. The fourth-order valence-corrected chi connectivity index (χ4v) is 6.86. The first-order chi connectivity index (χ1) is 14.1. The Morgan fingerprint density at radius 1 is 1.00 bits per heavy atom. The Balaban J connectivity index is 1.76. The maximum Gasteiger partial charge on any atom is 0.214 e. The van der Waals surface area contributed by atoms with Crippen molar-refractivity contribution in [3.8, 4) is 0 Å². The van der Waals surface area contributed by atoms with E-state index in [0.29, 0.717) is 0 Å². The van der Waals surface area contributed by atoms with Gasteiger partial charge < -0.3 is 4.57 Å². The van der Waals surface area contributed by atoms with Gasteiger partial charge in [-0.3, -0.25) is 0 Å². The molecule has 0 saturated heterocycles. The van der Waals surface area contributed by atoms with Crippen molar-refractivity contribution in [2.45, 2.75) is 44.9 Å². The summed E-state index contributed by atoms with van der Waals surface area (Å²) in [6.45, 7) is 2.29. The summed E-state index contributed by atoms with van der Waals surface area (Å²) in [6.07, 6.45) is 11.3. The van der Waals surface area contributed by atoms with Crippen LogP contribution >= 0.6 is 11.3 Å². The standard InChI is InChI=1S/C26H27N2S/c1-16-20-10-12-27(2)21(20)15-23-24(16)26-25-18(9-11-28(26)3)13-19(14-22(25)29-23)17-7-5-4-6-8-17/h9-15,17H,4-8H2,1-3H3/q+1. The van der Waals surface area contributed by atoms with Gasteiger partial charge in [0.2, 0.25) is 5.52 Å². The SMILES string of the molecule is Cc1c2cc[n+](C)c2cc2sc3cc(C4CCCCC4)cc4ccn(C)c(c12)c43. The molecule has 0 atom stereocenters. The number of hydrogen-bond acceptors (Lipinski definition) is 1. The summed E-state index contributed by atoms with van der Waals surface area (Å²) in [4.78, 5) is 0. The maximum absolute atomic E-state index is 2.51. The summed E-state index contributed by atoms with van der Waals surface area (Å²) < 4.78 is 7.41. The van der Waals surface area contributed by atoms with Crippen molar-refractivity contribution in [1.29, 1.82) is 0 Å². The Kier molecular flexibility index (Phi) is 3.80. The first-order valence-electron chi connectivity index (χ1n) is 10.8. The van der Waals surface area contributed by atoms with Crippen LogP contribution in [0.5, 0.6) is 0 Å². The molecule has 146 valence electrons. The lowest BCUT2D eigenvalue weighted by atomic mass is 9.83. The largest absolute Gasteiger partial charge is 0.350 e. The van der Waals surface area contributed by atoms with Crippen LogP contribution in [0.4, 0.5) is 0 Å². The van der Waals surface area contributed by atoms with E-state index in [4.69, 9.17) is 0 Å². The Labute approximate surface area is 175 Å². The average molecular weight is 400 g/mol. The van der Waals surface area contributed by atoms with Crippen LogP contribution in [0.15, 0.2) is 42.7 Å². The van der Waals surface area contributed by atoms with Gasteiger partial charge in [0.05, 0.1) is 10.9 Å². The van der Waals surface area contributed by atoms with Gasteiger partial charge in [-0.25, -0.2) is 4.57 Å². The zero-order chi connectivity index (χ0) is 19.7. The summed E-state index contributed by atoms with van der Waals surface area (Å²) in [5, 5.41) is 5.62. The van der Waals surface area contributed by atoms with Crippen LogP contribution in [0.3, 0.4) is 0 Å². The van der Waals surface area contributed by atoms with E-state index in [2.05, 4.69) is 72.9 Å². The van der Waals surface area contributed by atoms with E-state index in [0.717, 1.165) is 5.92 Å². The molecule has 1 aliphatic carbocycles. The van der Waals surface area contributed by atoms with Crippen molar-refractivity contribution in [1.82, 2.24) is 4.57 Å². The average Bonchev–Trinajstić information content (AvgIpc) is 3.11. The highest BCUT2D eigenvalue weighted by Crippen LogP contribution is 2.43. The third-order valence-electron chi connectivity index (χ3n) is 7.17. The van der Waals surface area contributed by atoms with Gasteiger partial charge in [0.25, 0.3) is 0 Å². The Hall–Kier alpha value is -2.39. The fraction of sp³-hybridized carbons (Fsp3) is 0.346. The third-order valence-corrected chi connectivity index (χ3v) is 8.25. The van der Waals surface area contributed by atoms with Gasteiger partial charge in [0.1, 0.15) is 7.05 Å². The predicted molar refractivity (Wildman–Crippen MR) is 125 cm³/mol. The highest BCUT2D eigenvalue weighted by atomic mass is 32.1. The molecule has 1 fully saturated rings. The number of aryl methyl sites for hydroxylation is 3. The van der Waals surface area contributed by atoms with Crippen LogP contribution < -0.4 is 4.57 Å². The van der Waals surface area contributed by atoms with Crippen molar-refractivity contribution in [3.63, 3.8) is 0 Å². The lowest BCUT2D eigenvalue weighted by Crippen LogP contribution is -2.24. The smallest absolute Gasteiger partial charge is 0.214 e. The summed E-state index contributed by atoms with van der Waals surface area (Å²) >= 11 is 1.98. The second-order valence-corrected chi connectivity index (χ2v) is 10.0. The zero-order valence-electron chi connectivity index (χ0n) is 17.5. The topological polar surface area (TPSA) is 8.81 Å². The summed E-state index contributed by atoms with van der Waals surface area (Å²) in [7, 11) is 4.35. The molecule has 3 aromatic heterocycles. The zero-order valence-corrected chi connectivity index (χ0v) is 18.3. The molecule has 29 heavy (non-hydrogen) atoms. The van der Waals surface area contributed by atoms with Crippen molar-refractivity contribution in [2.24, 2.45) is 14.1 Å². The summed E-state index contributed by atoms with van der Waals surface area (Å²) in [5.41, 5.74) is 5.66. The molecule has 1 aliphatic rings. The van der Waals surface area contributed by atoms with E-state index in [1.165, 1.54) is 79.6 Å². The van der Waals surface area contributed by atoms with Gasteiger partial charge in [0, 0.05) is 45.5 Å². The van der Waals surface area contributed by atoms with E-state index in [1.807, 2.05) is 11.3 Å². The van der Waals surface area contributed by atoms with Crippen LogP contribution in [0, 0.1) is 6.92 Å². The van der Waals surface area contributed by atoms with Crippen LogP contribution in [-0.2, 0) is 14.1 Å². The molecule has 5 aromatic rings. The maximum atomic E-state index is 2.51. The summed E-state index contributed by atoms with van der Waals surface area (Å²) in [6, 6.07) is 12.0. The van der Waals surface area contributed by atoms with Gasteiger partial charge in [-0.15, -0.1) is 11.3 Å². The van der Waals surface area contributed by atoms with E-state index in [-0.39, 0.29) is 0 Å². The van der Waals surface area contributed by atoms with Crippen LogP contribution in [0.25, 0.3) is 42.0 Å². The lowest BCUT2D eigenvalue weighted by molar-refractivity contribution is -0.642. The second kappa shape index (κ2) is 6.30. The van der Waals surface area contributed by atoms with Crippen molar-refractivity contribution >= 4 is 53.3 Å². The molecule has 0 spiro atoms. The third kappa shape index (κ3) is 2.50. The van der Waals surface area contributed by atoms with Gasteiger partial charge in [-0.2, -0.15) is 0 Å². The number of benzene rings is 2. The molecule has 0 unspecified atom stereocenters. The highest BCUT2D eigenvalue weighted by Gasteiger charge is 2.21. The Morgan fingerprint density at radius 3 is 2.62 bits per heavy atom. The van der Waals surface area contributed by atoms with E-state index in [9.17, 15) is 0 Å². The first kappa shape index (κ1) is 17.5. The number of fused-ring (bicyclic) bond motifs is 3. The monoisotopic (exact) mass is 399 g/mol.